The Morgan fingerprint density at radius 2 is 1.79 bits per heavy atom. The van der Waals surface area contributed by atoms with E-state index >= 15 is 0 Å². The summed E-state index contributed by atoms with van der Waals surface area (Å²) in [6, 6.07) is 6.94. The van der Waals surface area contributed by atoms with Crippen molar-refractivity contribution >= 4 is 23.9 Å². The average Bonchev–Trinajstić information content (AvgIpc) is 3.25. The highest BCUT2D eigenvalue weighted by atomic mass is 16.6. The van der Waals surface area contributed by atoms with Crippen molar-refractivity contribution in [3.8, 4) is 11.3 Å². The molecule has 0 aliphatic heterocycles. The van der Waals surface area contributed by atoms with Gasteiger partial charge in [-0.25, -0.2) is 14.6 Å². The van der Waals surface area contributed by atoms with Gasteiger partial charge in [0.25, 0.3) is 5.91 Å². The fourth-order valence-electron chi connectivity index (χ4n) is 3.56. The number of benzene rings is 1. The van der Waals surface area contributed by atoms with Gasteiger partial charge < -0.3 is 36.4 Å². The molecule has 0 aliphatic carbocycles. The van der Waals surface area contributed by atoms with Gasteiger partial charge in [-0.1, -0.05) is 44.2 Å². The van der Waals surface area contributed by atoms with Gasteiger partial charge in [0.05, 0.1) is 0 Å². The molecule has 1 aromatic carbocycles. The first-order chi connectivity index (χ1) is 17.8. The van der Waals surface area contributed by atoms with Gasteiger partial charge in [0.15, 0.2) is 17.4 Å². The molecule has 2 unspecified atom stereocenters. The number of hydrogen-bond donors (Lipinski definition) is 5. The number of carboxylic acids is 1. The van der Waals surface area contributed by atoms with Gasteiger partial charge in [-0.15, -0.1) is 0 Å². The van der Waals surface area contributed by atoms with Crippen LogP contribution in [0.1, 0.15) is 76.3 Å². The number of carbonyl (C=O) groups excluding carboxylic acids is 2. The van der Waals surface area contributed by atoms with Crippen LogP contribution in [0.25, 0.3) is 11.3 Å². The van der Waals surface area contributed by atoms with E-state index in [4.69, 9.17) is 20.6 Å². The Kier molecular flexibility index (Phi) is 10.7. The smallest absolute Gasteiger partial charge is 0.408 e. The summed E-state index contributed by atoms with van der Waals surface area (Å²) in [5, 5.41) is 14.9. The number of nitrogens with two attached hydrogens (primary N) is 2. The van der Waals surface area contributed by atoms with E-state index < -0.39 is 35.7 Å². The molecule has 12 nitrogen and oxygen atoms in total. The van der Waals surface area contributed by atoms with Crippen LogP contribution in [-0.2, 0) is 9.53 Å². The molecular weight excluding hydrogens is 492 g/mol. The molecular formula is C26H38N6O6. The number of alkyl carbamates (subject to hydrolysis) is 1. The van der Waals surface area contributed by atoms with Gasteiger partial charge in [0.2, 0.25) is 5.89 Å². The zero-order valence-corrected chi connectivity index (χ0v) is 22.5. The quantitative estimate of drug-likeness (QED) is 0.155. The number of hydrogen-bond acceptors (Lipinski definition) is 7. The predicted octanol–water partition coefficient (Wildman–Crippen LogP) is 3.19. The minimum Gasteiger partial charge on any atom is -0.480 e. The molecule has 2 atom stereocenters. The van der Waals surface area contributed by atoms with Crippen LogP contribution in [0.2, 0.25) is 0 Å². The number of rotatable bonds is 12. The van der Waals surface area contributed by atoms with E-state index in [-0.39, 0.29) is 42.2 Å². The summed E-state index contributed by atoms with van der Waals surface area (Å²) in [6.45, 7) is 9.42. The number of aliphatic imine (C=N–C) groups is 1. The highest BCUT2D eigenvalue weighted by Crippen LogP contribution is 2.30. The molecule has 2 aromatic rings. The van der Waals surface area contributed by atoms with Crippen LogP contribution in [0.4, 0.5) is 4.79 Å². The minimum atomic E-state index is -1.21. The topological polar surface area (TPSA) is 195 Å². The van der Waals surface area contributed by atoms with E-state index in [1.807, 2.05) is 19.9 Å². The monoisotopic (exact) mass is 530 g/mol. The van der Waals surface area contributed by atoms with Gasteiger partial charge in [0, 0.05) is 12.1 Å². The Labute approximate surface area is 222 Å². The molecule has 0 bridgehead atoms. The Hall–Kier alpha value is -4.09. The third kappa shape index (κ3) is 9.75. The van der Waals surface area contributed by atoms with Crippen molar-refractivity contribution in [3.05, 3.63) is 41.9 Å². The molecule has 0 saturated carbocycles. The second kappa shape index (κ2) is 13.5. The van der Waals surface area contributed by atoms with E-state index in [0.29, 0.717) is 18.4 Å². The normalized spacial score (nSPS) is 12.9. The maximum Gasteiger partial charge on any atom is 0.408 e. The number of oxazole rings is 1. The third-order valence-electron chi connectivity index (χ3n) is 5.14. The Balaban J connectivity index is 2.40. The minimum absolute atomic E-state index is 0.0959. The molecule has 2 amide bonds. The fraction of sp³-hybridized carbons (Fsp3) is 0.500. The zero-order chi connectivity index (χ0) is 28.5. The maximum absolute atomic E-state index is 13.3. The standard InChI is InChI=1S/C26H38N6O6/c1-15(2)14-18(31-25(36)38-26(3,4)5)22-32-19(20(37-22)16-10-7-6-8-11-16)21(33)30-17(23(34)35)12-9-13-29-24(27)28/h6-8,10-11,15,17-18H,9,12-14H2,1-5H3,(H,30,33)(H,31,36)(H,34,35)(H4,27,28,29). The zero-order valence-electron chi connectivity index (χ0n) is 22.5. The van der Waals surface area contributed by atoms with Gasteiger partial charge in [0.1, 0.15) is 17.7 Å². The lowest BCUT2D eigenvalue weighted by Crippen LogP contribution is -2.41. The Morgan fingerprint density at radius 3 is 2.34 bits per heavy atom. The van der Waals surface area contributed by atoms with E-state index in [1.165, 1.54) is 0 Å². The lowest BCUT2D eigenvalue weighted by Gasteiger charge is -2.23. The molecule has 1 heterocycles. The Morgan fingerprint density at radius 1 is 1.13 bits per heavy atom. The number of ether oxygens (including phenoxy) is 1. The number of carboxylic acid groups (broad SMARTS) is 1. The number of nitrogens with zero attached hydrogens (tertiary/aromatic N) is 2. The number of carbonyl (C=O) groups is 3. The highest BCUT2D eigenvalue weighted by Gasteiger charge is 2.30. The van der Waals surface area contributed by atoms with E-state index in [0.717, 1.165) is 0 Å². The summed E-state index contributed by atoms with van der Waals surface area (Å²) >= 11 is 0. The van der Waals surface area contributed by atoms with Crippen LogP contribution in [0.15, 0.2) is 39.7 Å². The lowest BCUT2D eigenvalue weighted by molar-refractivity contribution is -0.139. The van der Waals surface area contributed by atoms with Crippen LogP contribution in [0.3, 0.4) is 0 Å². The van der Waals surface area contributed by atoms with Gasteiger partial charge in [-0.2, -0.15) is 0 Å². The van der Waals surface area contributed by atoms with Gasteiger partial charge in [-0.3, -0.25) is 9.79 Å². The van der Waals surface area contributed by atoms with Crippen LogP contribution in [0.5, 0.6) is 0 Å². The van der Waals surface area contributed by atoms with Crippen molar-refractivity contribution in [1.29, 1.82) is 0 Å². The Bertz CT molecular complexity index is 1120. The molecule has 12 heteroatoms. The van der Waals surface area contributed by atoms with Crippen molar-refractivity contribution in [1.82, 2.24) is 15.6 Å². The second-order valence-electron chi connectivity index (χ2n) is 10.2. The van der Waals surface area contributed by atoms with Crippen molar-refractivity contribution in [3.63, 3.8) is 0 Å². The third-order valence-corrected chi connectivity index (χ3v) is 5.14. The SMILES string of the molecule is CC(C)CC(NC(=O)OC(C)(C)C)c1nc(C(=O)NC(CCCN=C(N)N)C(=O)O)c(-c2ccccc2)o1. The maximum atomic E-state index is 13.3. The molecule has 7 N–H and O–H groups in total. The first-order valence-electron chi connectivity index (χ1n) is 12.4. The fourth-order valence-corrected chi connectivity index (χ4v) is 3.56. The lowest BCUT2D eigenvalue weighted by atomic mass is 10.0. The van der Waals surface area contributed by atoms with Crippen LogP contribution in [-0.4, -0.2) is 52.2 Å². The average molecular weight is 531 g/mol. The highest BCUT2D eigenvalue weighted by molar-refractivity contribution is 5.99. The molecule has 0 aliphatic rings. The molecule has 1 aromatic heterocycles. The first-order valence-corrected chi connectivity index (χ1v) is 12.4. The summed E-state index contributed by atoms with van der Waals surface area (Å²) in [6.07, 6.45) is 0.234. The number of amides is 2. The van der Waals surface area contributed by atoms with Crippen molar-refractivity contribution in [2.75, 3.05) is 6.54 Å². The summed E-state index contributed by atoms with van der Waals surface area (Å²) in [5.74, 6) is -1.64. The summed E-state index contributed by atoms with van der Waals surface area (Å²) in [7, 11) is 0. The largest absolute Gasteiger partial charge is 0.480 e. The van der Waals surface area contributed by atoms with Crippen LogP contribution in [0, 0.1) is 5.92 Å². The molecule has 2 rings (SSSR count). The number of aromatic nitrogens is 1. The number of aliphatic carboxylic acids is 1. The summed E-state index contributed by atoms with van der Waals surface area (Å²) in [4.78, 5) is 45.9. The van der Waals surface area contributed by atoms with Crippen molar-refractivity contribution in [2.24, 2.45) is 22.4 Å². The molecule has 0 radical (unpaired) electrons. The number of nitrogens with one attached hydrogen (secondary N) is 2. The van der Waals surface area contributed by atoms with E-state index in [1.54, 1.807) is 45.0 Å². The molecule has 208 valence electrons. The van der Waals surface area contributed by atoms with Crippen LogP contribution >= 0.6 is 0 Å². The molecule has 0 fully saturated rings. The van der Waals surface area contributed by atoms with Crippen molar-refractivity contribution < 1.29 is 28.6 Å². The van der Waals surface area contributed by atoms with Gasteiger partial charge >= 0.3 is 12.1 Å². The predicted molar refractivity (Wildman–Crippen MR) is 142 cm³/mol. The van der Waals surface area contributed by atoms with Gasteiger partial charge in [-0.05, 0) is 46.0 Å². The summed E-state index contributed by atoms with van der Waals surface area (Å²) in [5.41, 5.74) is 10.4. The molecule has 0 saturated heterocycles. The molecule has 38 heavy (non-hydrogen) atoms. The van der Waals surface area contributed by atoms with E-state index in [9.17, 15) is 19.5 Å². The van der Waals surface area contributed by atoms with E-state index in [2.05, 4.69) is 20.6 Å². The number of guanidine groups is 1. The summed E-state index contributed by atoms with van der Waals surface area (Å²) < 4.78 is 11.4. The molecule has 0 spiro atoms. The first kappa shape index (κ1) is 30.1. The van der Waals surface area contributed by atoms with Crippen molar-refractivity contribution in [2.45, 2.75) is 71.6 Å². The second-order valence-corrected chi connectivity index (χ2v) is 10.2. The van der Waals surface area contributed by atoms with Crippen LogP contribution < -0.4 is 22.1 Å².